The summed E-state index contributed by atoms with van der Waals surface area (Å²) in [5, 5.41) is 3.45. The van der Waals surface area contributed by atoms with Crippen LogP contribution in [-0.2, 0) is 0 Å². The van der Waals surface area contributed by atoms with Gasteiger partial charge in [0.05, 0.1) is 6.61 Å². The Labute approximate surface area is 111 Å². The van der Waals surface area contributed by atoms with Gasteiger partial charge in [-0.1, -0.05) is 18.2 Å². The predicted octanol–water partition coefficient (Wildman–Crippen LogP) is 2.39. The molecule has 3 nitrogen and oxygen atoms in total. The molecule has 0 amide bonds. The third-order valence-electron chi connectivity index (χ3n) is 2.72. The van der Waals surface area contributed by atoms with Gasteiger partial charge in [-0.25, -0.2) is 0 Å². The Morgan fingerprint density at radius 1 is 1.00 bits per heavy atom. The summed E-state index contributed by atoms with van der Waals surface area (Å²) < 4.78 is 5.62. The lowest BCUT2D eigenvalue weighted by Gasteiger charge is -2.09. The summed E-state index contributed by atoms with van der Waals surface area (Å²) in [6.45, 7) is 4.11. The summed E-state index contributed by atoms with van der Waals surface area (Å²) in [7, 11) is 4.24. The lowest BCUT2D eigenvalue weighted by Crippen LogP contribution is -2.20. The molecule has 102 valence electrons. The molecule has 1 rings (SSSR count). The van der Waals surface area contributed by atoms with E-state index in [-0.39, 0.29) is 0 Å². The zero-order valence-corrected chi connectivity index (χ0v) is 11.7. The van der Waals surface area contributed by atoms with Gasteiger partial charge in [-0.05, 0) is 65.1 Å². The Bertz CT molecular complexity index is 288. The minimum absolute atomic E-state index is 0.786. The van der Waals surface area contributed by atoms with Gasteiger partial charge in [0.2, 0.25) is 0 Å². The summed E-state index contributed by atoms with van der Waals surface area (Å²) in [6, 6.07) is 9.99. The zero-order valence-electron chi connectivity index (χ0n) is 11.7. The highest BCUT2D eigenvalue weighted by Crippen LogP contribution is 2.07. The van der Waals surface area contributed by atoms with Gasteiger partial charge in [-0.3, -0.25) is 0 Å². The molecule has 0 aliphatic heterocycles. The SMILES string of the molecule is CN(C)CCCCNCCCOc1ccccc1. The van der Waals surface area contributed by atoms with E-state index in [4.69, 9.17) is 4.74 Å². The van der Waals surface area contributed by atoms with E-state index >= 15 is 0 Å². The van der Waals surface area contributed by atoms with E-state index in [1.807, 2.05) is 30.3 Å². The van der Waals surface area contributed by atoms with Crippen LogP contribution >= 0.6 is 0 Å². The maximum atomic E-state index is 5.62. The van der Waals surface area contributed by atoms with Gasteiger partial charge < -0.3 is 15.0 Å². The van der Waals surface area contributed by atoms with Crippen LogP contribution in [0.4, 0.5) is 0 Å². The minimum Gasteiger partial charge on any atom is -0.494 e. The van der Waals surface area contributed by atoms with E-state index in [1.54, 1.807) is 0 Å². The van der Waals surface area contributed by atoms with Crippen molar-refractivity contribution in [2.75, 3.05) is 40.3 Å². The average molecular weight is 250 g/mol. The van der Waals surface area contributed by atoms with E-state index in [1.165, 1.54) is 19.4 Å². The Morgan fingerprint density at radius 3 is 2.44 bits per heavy atom. The molecule has 0 saturated carbocycles. The van der Waals surface area contributed by atoms with Crippen molar-refractivity contribution in [1.82, 2.24) is 10.2 Å². The Balaban J connectivity index is 1.84. The van der Waals surface area contributed by atoms with Crippen LogP contribution in [0.2, 0.25) is 0 Å². The van der Waals surface area contributed by atoms with Crippen LogP contribution in [0.15, 0.2) is 30.3 Å². The second-order valence-electron chi connectivity index (χ2n) is 4.78. The number of unbranched alkanes of at least 4 members (excludes halogenated alkanes) is 1. The molecule has 1 aromatic carbocycles. The highest BCUT2D eigenvalue weighted by molar-refractivity contribution is 5.20. The van der Waals surface area contributed by atoms with Gasteiger partial charge in [-0.2, -0.15) is 0 Å². The predicted molar refractivity (Wildman–Crippen MR) is 77.2 cm³/mol. The fourth-order valence-corrected chi connectivity index (χ4v) is 1.71. The van der Waals surface area contributed by atoms with E-state index in [9.17, 15) is 0 Å². The van der Waals surface area contributed by atoms with E-state index < -0.39 is 0 Å². The number of para-hydroxylation sites is 1. The molecule has 1 N–H and O–H groups in total. The number of hydrogen-bond acceptors (Lipinski definition) is 3. The molecule has 0 aliphatic rings. The molecule has 0 spiro atoms. The number of nitrogens with zero attached hydrogens (tertiary/aromatic N) is 1. The monoisotopic (exact) mass is 250 g/mol. The van der Waals surface area contributed by atoms with Crippen LogP contribution in [0.1, 0.15) is 19.3 Å². The second-order valence-corrected chi connectivity index (χ2v) is 4.78. The molecule has 0 atom stereocenters. The summed E-state index contributed by atoms with van der Waals surface area (Å²) >= 11 is 0. The van der Waals surface area contributed by atoms with Crippen molar-refractivity contribution in [2.24, 2.45) is 0 Å². The fraction of sp³-hybridized carbons (Fsp3) is 0.600. The smallest absolute Gasteiger partial charge is 0.119 e. The molecule has 0 unspecified atom stereocenters. The molecule has 18 heavy (non-hydrogen) atoms. The Hall–Kier alpha value is -1.06. The summed E-state index contributed by atoms with van der Waals surface area (Å²) in [4.78, 5) is 2.23. The normalized spacial score (nSPS) is 10.8. The number of ether oxygens (including phenoxy) is 1. The maximum Gasteiger partial charge on any atom is 0.119 e. The largest absolute Gasteiger partial charge is 0.494 e. The maximum absolute atomic E-state index is 5.62. The minimum atomic E-state index is 0.786. The Kier molecular flexibility index (Phi) is 8.26. The summed E-state index contributed by atoms with van der Waals surface area (Å²) in [5.74, 6) is 0.962. The highest BCUT2D eigenvalue weighted by Gasteiger charge is 1.93. The third kappa shape index (κ3) is 8.09. The van der Waals surface area contributed by atoms with Crippen molar-refractivity contribution in [3.63, 3.8) is 0 Å². The third-order valence-corrected chi connectivity index (χ3v) is 2.72. The van der Waals surface area contributed by atoms with Gasteiger partial charge in [0.25, 0.3) is 0 Å². The molecule has 0 aromatic heterocycles. The van der Waals surface area contributed by atoms with Crippen LogP contribution < -0.4 is 10.1 Å². The molecular formula is C15H26N2O. The molecule has 0 heterocycles. The highest BCUT2D eigenvalue weighted by atomic mass is 16.5. The molecule has 0 aliphatic carbocycles. The van der Waals surface area contributed by atoms with Crippen LogP contribution in [0.3, 0.4) is 0 Å². The van der Waals surface area contributed by atoms with Crippen LogP contribution in [0.5, 0.6) is 5.75 Å². The number of hydrogen-bond donors (Lipinski definition) is 1. The summed E-state index contributed by atoms with van der Waals surface area (Å²) in [5.41, 5.74) is 0. The lowest BCUT2D eigenvalue weighted by molar-refractivity contribution is 0.307. The molecule has 1 aromatic rings. The first kappa shape index (κ1) is 15.0. The number of benzene rings is 1. The molecular weight excluding hydrogens is 224 g/mol. The van der Waals surface area contributed by atoms with Crippen molar-refractivity contribution >= 4 is 0 Å². The summed E-state index contributed by atoms with van der Waals surface area (Å²) in [6.07, 6.45) is 3.57. The van der Waals surface area contributed by atoms with E-state index in [0.717, 1.165) is 31.9 Å². The van der Waals surface area contributed by atoms with Crippen LogP contribution in [0.25, 0.3) is 0 Å². The molecule has 0 saturated heterocycles. The molecule has 0 bridgehead atoms. The average Bonchev–Trinajstić information content (AvgIpc) is 2.37. The lowest BCUT2D eigenvalue weighted by atomic mass is 10.3. The number of nitrogens with one attached hydrogen (secondary N) is 1. The van der Waals surface area contributed by atoms with Crippen LogP contribution in [0, 0.1) is 0 Å². The van der Waals surface area contributed by atoms with Crippen molar-refractivity contribution in [2.45, 2.75) is 19.3 Å². The van der Waals surface area contributed by atoms with E-state index in [0.29, 0.717) is 0 Å². The quantitative estimate of drug-likeness (QED) is 0.645. The first-order valence-corrected chi connectivity index (χ1v) is 6.82. The molecule has 3 heteroatoms. The van der Waals surface area contributed by atoms with Gasteiger partial charge in [0.15, 0.2) is 0 Å². The molecule has 0 fully saturated rings. The first-order chi connectivity index (χ1) is 8.79. The van der Waals surface area contributed by atoms with Gasteiger partial charge in [-0.15, -0.1) is 0 Å². The van der Waals surface area contributed by atoms with E-state index in [2.05, 4.69) is 24.3 Å². The van der Waals surface area contributed by atoms with Crippen molar-refractivity contribution in [3.8, 4) is 5.75 Å². The van der Waals surface area contributed by atoms with Gasteiger partial charge in [0, 0.05) is 0 Å². The van der Waals surface area contributed by atoms with Gasteiger partial charge in [0.1, 0.15) is 5.75 Å². The van der Waals surface area contributed by atoms with Crippen molar-refractivity contribution in [1.29, 1.82) is 0 Å². The van der Waals surface area contributed by atoms with Crippen LogP contribution in [-0.4, -0.2) is 45.2 Å². The standard InChI is InChI=1S/C15H26N2O/c1-17(2)13-7-6-11-16-12-8-14-18-15-9-4-3-5-10-15/h3-5,9-10,16H,6-8,11-14H2,1-2H3. The molecule has 0 radical (unpaired) electrons. The Morgan fingerprint density at radius 2 is 1.72 bits per heavy atom. The van der Waals surface area contributed by atoms with Crippen molar-refractivity contribution in [3.05, 3.63) is 30.3 Å². The topological polar surface area (TPSA) is 24.5 Å². The zero-order chi connectivity index (χ0) is 13.1. The van der Waals surface area contributed by atoms with Gasteiger partial charge >= 0.3 is 0 Å². The first-order valence-electron chi connectivity index (χ1n) is 6.82. The fourth-order valence-electron chi connectivity index (χ4n) is 1.71. The second kappa shape index (κ2) is 9.92. The van der Waals surface area contributed by atoms with Crippen molar-refractivity contribution < 1.29 is 4.74 Å². The number of rotatable bonds is 10.